The van der Waals surface area contributed by atoms with Crippen molar-refractivity contribution < 1.29 is 13.9 Å². The van der Waals surface area contributed by atoms with Crippen molar-refractivity contribution in [3.8, 4) is 17.0 Å². The minimum Gasteiger partial charge on any atom is -0.488 e. The molecule has 5 N–H and O–H groups in total. The molecular formula is C23H28FN5O2. The Bertz CT molecular complexity index is 1090. The number of halogens is 1. The van der Waals surface area contributed by atoms with Gasteiger partial charge in [-0.15, -0.1) is 0 Å². The van der Waals surface area contributed by atoms with Gasteiger partial charge in [0.2, 0.25) is 0 Å². The molecule has 0 aliphatic heterocycles. The van der Waals surface area contributed by atoms with Crippen molar-refractivity contribution in [2.75, 3.05) is 5.01 Å². The number of hydrogen-bond acceptors (Lipinski definition) is 5. The molecule has 2 amide bonds. The van der Waals surface area contributed by atoms with Gasteiger partial charge in [0.05, 0.1) is 11.4 Å². The number of anilines is 1. The summed E-state index contributed by atoms with van der Waals surface area (Å²) in [5.41, 5.74) is 6.53. The van der Waals surface area contributed by atoms with Crippen LogP contribution in [0.5, 0.6) is 5.75 Å². The van der Waals surface area contributed by atoms with Gasteiger partial charge >= 0.3 is 6.03 Å². The molecule has 0 aliphatic rings. The number of hydrazine groups is 2. The molecule has 2 aromatic carbocycles. The fourth-order valence-electron chi connectivity index (χ4n) is 3.14. The van der Waals surface area contributed by atoms with Crippen molar-refractivity contribution >= 4 is 11.7 Å². The van der Waals surface area contributed by atoms with Gasteiger partial charge in [-0.2, -0.15) is 0 Å². The van der Waals surface area contributed by atoms with Crippen molar-refractivity contribution in [2.24, 2.45) is 11.7 Å². The van der Waals surface area contributed by atoms with Gasteiger partial charge in [0.25, 0.3) is 0 Å². The summed E-state index contributed by atoms with van der Waals surface area (Å²) in [6.45, 7) is 5.66. The number of carbonyl (C=O) groups excluding carboxylic acids is 1. The molecule has 7 nitrogen and oxygen atoms in total. The molecule has 0 saturated carbocycles. The van der Waals surface area contributed by atoms with Crippen molar-refractivity contribution in [2.45, 2.75) is 34.8 Å². The lowest BCUT2D eigenvalue weighted by atomic mass is 10.1. The highest BCUT2D eigenvalue weighted by Gasteiger charge is 2.17. The quantitative estimate of drug-likeness (QED) is 0.321. The van der Waals surface area contributed by atoms with E-state index < -0.39 is 11.8 Å². The van der Waals surface area contributed by atoms with Crippen LogP contribution in [0.2, 0.25) is 0 Å². The summed E-state index contributed by atoms with van der Waals surface area (Å²) in [5, 5.41) is 0.908. The van der Waals surface area contributed by atoms with E-state index in [1.807, 2.05) is 44.4 Å². The number of benzene rings is 2. The third-order valence-corrected chi connectivity index (χ3v) is 4.79. The molecule has 8 heteroatoms. The number of aromatic nitrogens is 1. The highest BCUT2D eigenvalue weighted by Crippen LogP contribution is 2.30. The van der Waals surface area contributed by atoms with Crippen molar-refractivity contribution in [3.63, 3.8) is 0 Å². The minimum atomic E-state index is -0.668. The zero-order valence-corrected chi connectivity index (χ0v) is 17.1. The Labute approximate surface area is 181 Å². The van der Waals surface area contributed by atoms with Crippen LogP contribution in [0.3, 0.4) is 0 Å². The van der Waals surface area contributed by atoms with E-state index in [4.69, 9.17) is 16.4 Å². The molecule has 0 atom stereocenters. The molecule has 0 unspecified atom stereocenters. The first-order valence-electron chi connectivity index (χ1n) is 9.32. The maximum atomic E-state index is 14.8. The van der Waals surface area contributed by atoms with E-state index >= 15 is 0 Å². The lowest BCUT2D eigenvalue weighted by molar-refractivity contribution is 0.246. The van der Waals surface area contributed by atoms with Gasteiger partial charge < -0.3 is 4.74 Å². The van der Waals surface area contributed by atoms with Crippen LogP contribution in [-0.4, -0.2) is 11.0 Å². The third-order valence-electron chi connectivity index (χ3n) is 4.79. The molecule has 0 fully saturated rings. The second-order valence-electron chi connectivity index (χ2n) is 6.94. The topological polar surface area (TPSA) is 106 Å². The Morgan fingerprint density at radius 3 is 2.52 bits per heavy atom. The Kier molecular flexibility index (Phi) is 7.68. The minimum absolute atomic E-state index is 0. The lowest BCUT2D eigenvalue weighted by Crippen LogP contribution is -2.48. The van der Waals surface area contributed by atoms with E-state index in [2.05, 4.69) is 4.98 Å². The molecule has 0 aliphatic carbocycles. The normalized spacial score (nSPS) is 10.3. The maximum absolute atomic E-state index is 14.8. The standard InChI is InChI=1S/C22H24FN5O2.CH4/c1-13-6-4-9-20(28(25)22(29)27-24)17(13)12-30-21-11-18(23)16(10-14(21)2)19-8-5-7-15(3)26-19;/h4-11H,12,24-25H2,1-3H3,(H,27,29);1H4. The molecule has 1 heterocycles. The molecule has 0 saturated heterocycles. The van der Waals surface area contributed by atoms with Gasteiger partial charge in [-0.25, -0.2) is 25.9 Å². The first-order chi connectivity index (χ1) is 14.3. The van der Waals surface area contributed by atoms with Gasteiger partial charge in [0, 0.05) is 22.9 Å². The Morgan fingerprint density at radius 2 is 1.84 bits per heavy atom. The van der Waals surface area contributed by atoms with E-state index in [1.54, 1.807) is 24.3 Å². The first kappa shape index (κ1) is 23.8. The summed E-state index contributed by atoms with van der Waals surface area (Å²) in [4.78, 5) is 16.2. The van der Waals surface area contributed by atoms with Gasteiger partial charge in [0.15, 0.2) is 0 Å². The SMILES string of the molecule is C.Cc1cccc(-c2cc(C)c(OCc3c(C)cccc3N(N)C(=O)NN)cc2F)n1. The third kappa shape index (κ3) is 5.17. The highest BCUT2D eigenvalue weighted by molar-refractivity contribution is 5.91. The predicted octanol–water partition coefficient (Wildman–Crippen LogP) is 4.29. The second kappa shape index (κ2) is 10.0. The summed E-state index contributed by atoms with van der Waals surface area (Å²) >= 11 is 0. The zero-order valence-electron chi connectivity index (χ0n) is 17.1. The Morgan fingerprint density at radius 1 is 1.13 bits per heavy atom. The van der Waals surface area contributed by atoms with E-state index in [0.29, 0.717) is 28.3 Å². The average Bonchev–Trinajstić information content (AvgIpc) is 2.73. The number of aryl methyl sites for hydroxylation is 3. The van der Waals surface area contributed by atoms with Crippen LogP contribution < -0.4 is 26.9 Å². The molecule has 0 radical (unpaired) electrons. The summed E-state index contributed by atoms with van der Waals surface area (Å²) in [7, 11) is 0. The van der Waals surface area contributed by atoms with Crippen LogP contribution in [-0.2, 0) is 6.61 Å². The smallest absolute Gasteiger partial charge is 0.350 e. The molecule has 3 rings (SSSR count). The lowest BCUT2D eigenvalue weighted by Gasteiger charge is -2.21. The van der Waals surface area contributed by atoms with Gasteiger partial charge in [-0.1, -0.05) is 25.6 Å². The molecule has 0 bridgehead atoms. The van der Waals surface area contributed by atoms with E-state index in [0.717, 1.165) is 21.8 Å². The van der Waals surface area contributed by atoms with Crippen molar-refractivity contribution in [1.29, 1.82) is 0 Å². The second-order valence-corrected chi connectivity index (χ2v) is 6.94. The van der Waals surface area contributed by atoms with Crippen LogP contribution in [0.1, 0.15) is 29.8 Å². The largest absolute Gasteiger partial charge is 0.488 e. The Hall–Kier alpha value is -3.49. The number of nitrogens with two attached hydrogens (primary N) is 2. The van der Waals surface area contributed by atoms with Crippen LogP contribution in [0.4, 0.5) is 14.9 Å². The fourth-order valence-corrected chi connectivity index (χ4v) is 3.14. The molecule has 3 aromatic rings. The molecule has 0 spiro atoms. The van der Waals surface area contributed by atoms with Gasteiger partial charge in [-0.3, -0.25) is 10.4 Å². The summed E-state index contributed by atoms with van der Waals surface area (Å²) in [5.74, 6) is 11.0. The molecule has 1 aromatic heterocycles. The van der Waals surface area contributed by atoms with E-state index in [1.165, 1.54) is 6.07 Å². The number of nitrogens with one attached hydrogen (secondary N) is 1. The average molecular weight is 426 g/mol. The highest BCUT2D eigenvalue weighted by atomic mass is 19.1. The van der Waals surface area contributed by atoms with Crippen LogP contribution in [0.15, 0.2) is 48.5 Å². The van der Waals surface area contributed by atoms with Crippen LogP contribution >= 0.6 is 0 Å². The number of hydrogen-bond donors (Lipinski definition) is 3. The number of carbonyl (C=O) groups is 1. The number of ether oxygens (including phenoxy) is 1. The van der Waals surface area contributed by atoms with Crippen molar-refractivity contribution in [1.82, 2.24) is 10.4 Å². The number of urea groups is 1. The maximum Gasteiger partial charge on any atom is 0.350 e. The number of rotatable bonds is 5. The summed E-state index contributed by atoms with van der Waals surface area (Å²) < 4.78 is 20.7. The number of nitrogens with zero attached hydrogens (tertiary/aromatic N) is 2. The monoisotopic (exact) mass is 425 g/mol. The zero-order chi connectivity index (χ0) is 21.8. The summed E-state index contributed by atoms with van der Waals surface area (Å²) in [6, 6.07) is 13.2. The molecular weight excluding hydrogens is 397 g/mol. The molecule has 31 heavy (non-hydrogen) atoms. The van der Waals surface area contributed by atoms with Crippen molar-refractivity contribution in [3.05, 3.63) is 76.7 Å². The Balaban J connectivity index is 0.00000341. The van der Waals surface area contributed by atoms with E-state index in [9.17, 15) is 9.18 Å². The van der Waals surface area contributed by atoms with Gasteiger partial charge in [0.1, 0.15) is 18.2 Å². The fraction of sp³-hybridized carbons (Fsp3) is 0.217. The van der Waals surface area contributed by atoms with E-state index in [-0.39, 0.29) is 14.0 Å². The number of pyridine rings is 1. The van der Waals surface area contributed by atoms with Crippen LogP contribution in [0.25, 0.3) is 11.3 Å². The molecule has 164 valence electrons. The summed E-state index contributed by atoms with van der Waals surface area (Å²) in [6.07, 6.45) is 0. The predicted molar refractivity (Wildman–Crippen MR) is 121 cm³/mol. The van der Waals surface area contributed by atoms with Crippen LogP contribution in [0, 0.1) is 26.6 Å². The first-order valence-corrected chi connectivity index (χ1v) is 9.32. The number of amides is 2. The van der Waals surface area contributed by atoms with Gasteiger partial charge in [-0.05, 0) is 56.2 Å².